The van der Waals surface area contributed by atoms with Gasteiger partial charge in [-0.2, -0.15) is 4.98 Å². The van der Waals surface area contributed by atoms with Crippen LogP contribution in [-0.4, -0.2) is 32.9 Å². The molecule has 0 saturated carbocycles. The molecule has 0 radical (unpaired) electrons. The smallest absolute Gasteiger partial charge is 0.227 e. The number of ether oxygens (including phenoxy) is 1. The van der Waals surface area contributed by atoms with Crippen LogP contribution in [0.3, 0.4) is 0 Å². The zero-order valence-corrected chi connectivity index (χ0v) is 19.7. The molecule has 166 valence electrons. The SMILES string of the molecule is CCCCOc1cccc(C2C3=C(CC(C)(C)CC3=O)Nc3nc(SCCC)nn32)c1. The molecular formula is C24H32N4O2S. The predicted molar refractivity (Wildman–Crippen MR) is 125 cm³/mol. The van der Waals surface area contributed by atoms with Crippen molar-refractivity contribution in [2.75, 3.05) is 17.7 Å². The summed E-state index contributed by atoms with van der Waals surface area (Å²) >= 11 is 1.65. The second-order valence-corrected chi connectivity index (χ2v) is 10.2. The van der Waals surface area contributed by atoms with Crippen LogP contribution in [0.1, 0.15) is 71.4 Å². The lowest BCUT2D eigenvalue weighted by molar-refractivity contribution is -0.118. The average Bonchev–Trinajstić information content (AvgIpc) is 3.12. The van der Waals surface area contributed by atoms with Gasteiger partial charge < -0.3 is 10.1 Å². The molecule has 2 aliphatic rings. The molecular weight excluding hydrogens is 408 g/mol. The zero-order valence-electron chi connectivity index (χ0n) is 18.9. The van der Waals surface area contributed by atoms with Crippen LogP contribution in [-0.2, 0) is 4.79 Å². The highest BCUT2D eigenvalue weighted by molar-refractivity contribution is 7.99. The molecule has 0 bridgehead atoms. The third-order valence-electron chi connectivity index (χ3n) is 5.69. The number of carbonyl (C=O) groups excluding carboxylic acids is 1. The molecule has 0 saturated heterocycles. The predicted octanol–water partition coefficient (Wildman–Crippen LogP) is 5.62. The maximum absolute atomic E-state index is 13.3. The largest absolute Gasteiger partial charge is 0.494 e. The molecule has 0 spiro atoms. The number of Topliss-reactive ketones (excluding diaryl/α,β-unsaturated/α-hetero) is 1. The number of nitrogens with one attached hydrogen (secondary N) is 1. The fraction of sp³-hybridized carbons (Fsp3) is 0.542. The number of benzene rings is 1. The van der Waals surface area contributed by atoms with Crippen molar-refractivity contribution in [3.05, 3.63) is 41.1 Å². The first-order valence-corrected chi connectivity index (χ1v) is 12.3. The zero-order chi connectivity index (χ0) is 22.0. The van der Waals surface area contributed by atoms with Crippen molar-refractivity contribution in [2.45, 2.75) is 71.0 Å². The molecule has 1 aromatic heterocycles. The molecule has 2 heterocycles. The highest BCUT2D eigenvalue weighted by Gasteiger charge is 2.41. The molecule has 1 unspecified atom stereocenters. The average molecular weight is 441 g/mol. The standard InChI is InChI=1S/C24H32N4O2S/c1-5-7-11-30-17-10-8-9-16(13-17)21-20-18(14-24(3,4)15-19(20)29)25-22-26-23(27-28(21)22)31-12-6-2/h8-10,13,21H,5-7,11-12,14-15H2,1-4H3,(H,25,26,27). The Hall–Kier alpha value is -2.28. The molecule has 7 heteroatoms. The number of unbranched alkanes of at least 4 members (excludes halogenated alkanes) is 1. The molecule has 4 rings (SSSR count). The van der Waals surface area contributed by atoms with Gasteiger partial charge in [-0.25, -0.2) is 4.68 Å². The van der Waals surface area contributed by atoms with E-state index in [0.29, 0.717) is 19.0 Å². The molecule has 6 nitrogen and oxygen atoms in total. The summed E-state index contributed by atoms with van der Waals surface area (Å²) in [5.41, 5.74) is 2.74. The topological polar surface area (TPSA) is 69.0 Å². The molecule has 0 amide bonds. The Bertz CT molecular complexity index is 995. The van der Waals surface area contributed by atoms with Crippen LogP contribution >= 0.6 is 11.8 Å². The quantitative estimate of drug-likeness (QED) is 0.425. The van der Waals surface area contributed by atoms with Crippen LogP contribution in [0.5, 0.6) is 5.75 Å². The number of ketones is 1. The molecule has 2 aromatic rings. The number of hydrogen-bond acceptors (Lipinski definition) is 6. The van der Waals surface area contributed by atoms with Gasteiger partial charge >= 0.3 is 0 Å². The molecule has 31 heavy (non-hydrogen) atoms. The second-order valence-electron chi connectivity index (χ2n) is 9.15. The molecule has 0 fully saturated rings. The van der Waals surface area contributed by atoms with Gasteiger partial charge in [0.05, 0.1) is 6.61 Å². The number of thioether (sulfide) groups is 1. The Kier molecular flexibility index (Phi) is 6.42. The van der Waals surface area contributed by atoms with Crippen molar-refractivity contribution in [2.24, 2.45) is 5.41 Å². The van der Waals surface area contributed by atoms with E-state index in [1.165, 1.54) is 0 Å². The number of allylic oxidation sites excluding steroid dienone is 2. The van der Waals surface area contributed by atoms with Crippen molar-refractivity contribution < 1.29 is 9.53 Å². The second kappa shape index (κ2) is 9.07. The van der Waals surface area contributed by atoms with E-state index in [1.807, 2.05) is 22.9 Å². The summed E-state index contributed by atoms with van der Waals surface area (Å²) in [5.74, 6) is 2.70. The van der Waals surface area contributed by atoms with E-state index in [1.54, 1.807) is 11.8 Å². The third-order valence-corrected chi connectivity index (χ3v) is 6.73. The van der Waals surface area contributed by atoms with E-state index in [2.05, 4.69) is 39.1 Å². The van der Waals surface area contributed by atoms with Crippen LogP contribution in [0.15, 0.2) is 40.7 Å². The summed E-state index contributed by atoms with van der Waals surface area (Å²) in [7, 11) is 0. The third kappa shape index (κ3) is 4.66. The van der Waals surface area contributed by atoms with E-state index in [-0.39, 0.29) is 17.2 Å². The summed E-state index contributed by atoms with van der Waals surface area (Å²) in [4.78, 5) is 18.1. The fourth-order valence-corrected chi connectivity index (χ4v) is 4.94. The number of aromatic nitrogens is 3. The Morgan fingerprint density at radius 3 is 2.87 bits per heavy atom. The van der Waals surface area contributed by atoms with Crippen molar-refractivity contribution >= 4 is 23.5 Å². The number of anilines is 1. The van der Waals surface area contributed by atoms with Crippen LogP contribution in [0.4, 0.5) is 5.95 Å². The van der Waals surface area contributed by atoms with Crippen LogP contribution < -0.4 is 10.1 Å². The highest BCUT2D eigenvalue weighted by Crippen LogP contribution is 2.46. The van der Waals surface area contributed by atoms with Gasteiger partial charge in [-0.1, -0.05) is 58.0 Å². The van der Waals surface area contributed by atoms with Crippen LogP contribution in [0, 0.1) is 5.41 Å². The summed E-state index contributed by atoms with van der Waals surface area (Å²) in [5, 5.41) is 8.98. The first kappa shape index (κ1) is 21.9. The van der Waals surface area contributed by atoms with E-state index < -0.39 is 0 Å². The van der Waals surface area contributed by atoms with Crippen molar-refractivity contribution in [1.82, 2.24) is 14.8 Å². The number of rotatable bonds is 8. The van der Waals surface area contributed by atoms with E-state index in [9.17, 15) is 4.79 Å². The summed E-state index contributed by atoms with van der Waals surface area (Å²) in [6, 6.07) is 7.80. The summed E-state index contributed by atoms with van der Waals surface area (Å²) < 4.78 is 7.84. The van der Waals surface area contributed by atoms with Gasteiger partial charge in [0, 0.05) is 23.4 Å². The molecule has 1 aromatic carbocycles. The van der Waals surface area contributed by atoms with Gasteiger partial charge in [-0.15, -0.1) is 5.10 Å². The Balaban J connectivity index is 1.76. The Morgan fingerprint density at radius 2 is 2.10 bits per heavy atom. The van der Waals surface area contributed by atoms with Crippen molar-refractivity contribution in [3.8, 4) is 5.75 Å². The van der Waals surface area contributed by atoms with E-state index >= 15 is 0 Å². The minimum atomic E-state index is -0.284. The van der Waals surface area contributed by atoms with Gasteiger partial charge in [0.25, 0.3) is 0 Å². The Morgan fingerprint density at radius 1 is 1.26 bits per heavy atom. The van der Waals surface area contributed by atoms with Gasteiger partial charge in [0.2, 0.25) is 11.1 Å². The molecule has 1 atom stereocenters. The molecule has 1 aliphatic carbocycles. The first-order valence-electron chi connectivity index (χ1n) is 11.3. The van der Waals surface area contributed by atoms with Gasteiger partial charge in [-0.05, 0) is 42.4 Å². The number of fused-ring (bicyclic) bond motifs is 1. The highest BCUT2D eigenvalue weighted by atomic mass is 32.2. The fourth-order valence-electron chi connectivity index (χ4n) is 4.26. The van der Waals surface area contributed by atoms with Gasteiger partial charge in [-0.3, -0.25) is 4.79 Å². The van der Waals surface area contributed by atoms with E-state index in [4.69, 9.17) is 14.8 Å². The summed E-state index contributed by atoms with van der Waals surface area (Å²) in [6.07, 6.45) is 4.53. The number of carbonyl (C=O) groups is 1. The lowest BCUT2D eigenvalue weighted by Gasteiger charge is -2.38. The van der Waals surface area contributed by atoms with Crippen LogP contribution in [0.25, 0.3) is 0 Å². The maximum atomic E-state index is 13.3. The lowest BCUT2D eigenvalue weighted by atomic mass is 9.73. The maximum Gasteiger partial charge on any atom is 0.227 e. The lowest BCUT2D eigenvalue weighted by Crippen LogP contribution is -2.36. The normalized spacial score (nSPS) is 19.6. The van der Waals surface area contributed by atoms with Gasteiger partial charge in [0.15, 0.2) is 5.78 Å². The number of nitrogens with zero attached hydrogens (tertiary/aromatic N) is 3. The van der Waals surface area contributed by atoms with E-state index in [0.717, 1.165) is 59.2 Å². The summed E-state index contributed by atoms with van der Waals surface area (Å²) in [6.45, 7) is 9.29. The Labute approximate surface area is 188 Å². The van der Waals surface area contributed by atoms with Crippen molar-refractivity contribution in [3.63, 3.8) is 0 Å². The number of hydrogen-bond donors (Lipinski definition) is 1. The van der Waals surface area contributed by atoms with Gasteiger partial charge in [0.1, 0.15) is 11.8 Å². The minimum absolute atomic E-state index is 0.0689. The molecule has 1 N–H and O–H groups in total. The first-order chi connectivity index (χ1) is 14.9. The van der Waals surface area contributed by atoms with Crippen LogP contribution in [0.2, 0.25) is 0 Å². The minimum Gasteiger partial charge on any atom is -0.494 e. The molecule has 1 aliphatic heterocycles. The monoisotopic (exact) mass is 440 g/mol. The van der Waals surface area contributed by atoms with Crippen molar-refractivity contribution in [1.29, 1.82) is 0 Å².